The number of nitro groups is 1. The smallest absolute Gasteiger partial charge is 0.292 e. The Morgan fingerprint density at radius 1 is 1.52 bits per heavy atom. The number of nitro benzene ring substituents is 1. The topological polar surface area (TPSA) is 78.6 Å². The lowest BCUT2D eigenvalue weighted by Crippen LogP contribution is -2.36. The zero-order valence-electron chi connectivity index (χ0n) is 12.4. The summed E-state index contributed by atoms with van der Waals surface area (Å²) in [7, 11) is 0. The Balaban J connectivity index is 2.18. The highest BCUT2D eigenvalue weighted by atomic mass is 16.6. The van der Waals surface area contributed by atoms with Gasteiger partial charge >= 0.3 is 0 Å². The second kappa shape index (κ2) is 7.38. The predicted octanol–water partition coefficient (Wildman–Crippen LogP) is 2.23. The minimum absolute atomic E-state index is 0.130. The lowest BCUT2D eigenvalue weighted by atomic mass is 9.98. The van der Waals surface area contributed by atoms with Gasteiger partial charge < -0.3 is 10.4 Å². The lowest BCUT2D eigenvalue weighted by Gasteiger charge is -2.32. The van der Waals surface area contributed by atoms with Crippen LogP contribution in [0.4, 0.5) is 11.4 Å². The number of para-hydroxylation sites is 1. The van der Waals surface area contributed by atoms with Crippen molar-refractivity contribution < 1.29 is 10.0 Å². The summed E-state index contributed by atoms with van der Waals surface area (Å²) in [5.74, 6) is 0.319. The van der Waals surface area contributed by atoms with Crippen LogP contribution < -0.4 is 5.32 Å². The van der Waals surface area contributed by atoms with Crippen molar-refractivity contribution in [3.63, 3.8) is 0 Å². The van der Waals surface area contributed by atoms with Crippen LogP contribution in [0.25, 0.3) is 0 Å². The summed E-state index contributed by atoms with van der Waals surface area (Å²) in [5.41, 5.74) is 1.70. The monoisotopic (exact) mass is 293 g/mol. The summed E-state index contributed by atoms with van der Waals surface area (Å²) < 4.78 is 0. The van der Waals surface area contributed by atoms with Crippen LogP contribution >= 0.6 is 0 Å². The molecule has 1 aliphatic rings. The van der Waals surface area contributed by atoms with Gasteiger partial charge in [0.2, 0.25) is 0 Å². The Morgan fingerprint density at radius 2 is 2.33 bits per heavy atom. The van der Waals surface area contributed by atoms with Crippen LogP contribution in [0.2, 0.25) is 0 Å². The molecule has 1 atom stereocenters. The minimum atomic E-state index is -0.339. The molecule has 116 valence electrons. The number of benzene rings is 1. The minimum Gasteiger partial charge on any atom is -0.396 e. The van der Waals surface area contributed by atoms with Gasteiger partial charge in [-0.25, -0.2) is 0 Å². The molecule has 6 nitrogen and oxygen atoms in total. The van der Waals surface area contributed by atoms with Crippen LogP contribution in [0.15, 0.2) is 18.2 Å². The quantitative estimate of drug-likeness (QED) is 0.621. The Bertz CT molecular complexity index is 493. The van der Waals surface area contributed by atoms with E-state index in [2.05, 4.69) is 10.2 Å². The van der Waals surface area contributed by atoms with E-state index in [1.807, 2.05) is 13.0 Å². The van der Waals surface area contributed by atoms with E-state index in [9.17, 15) is 15.2 Å². The van der Waals surface area contributed by atoms with Crippen LogP contribution in [0.5, 0.6) is 0 Å². The maximum atomic E-state index is 11.2. The number of hydrogen-bond acceptors (Lipinski definition) is 5. The third-order valence-corrected chi connectivity index (χ3v) is 3.93. The summed E-state index contributed by atoms with van der Waals surface area (Å²) >= 11 is 0. The van der Waals surface area contributed by atoms with Gasteiger partial charge in [0.25, 0.3) is 5.69 Å². The van der Waals surface area contributed by atoms with Gasteiger partial charge in [-0.1, -0.05) is 12.1 Å². The Hall–Kier alpha value is -1.66. The van der Waals surface area contributed by atoms with Gasteiger partial charge in [0, 0.05) is 32.3 Å². The summed E-state index contributed by atoms with van der Waals surface area (Å²) in [4.78, 5) is 13.1. The number of rotatable bonds is 6. The molecule has 0 aliphatic carbocycles. The first-order valence-corrected chi connectivity index (χ1v) is 7.49. The third-order valence-electron chi connectivity index (χ3n) is 3.93. The number of aliphatic hydroxyl groups is 1. The van der Waals surface area contributed by atoms with Crippen molar-refractivity contribution in [2.75, 3.05) is 31.6 Å². The van der Waals surface area contributed by atoms with Crippen molar-refractivity contribution in [1.82, 2.24) is 4.90 Å². The fourth-order valence-electron chi connectivity index (χ4n) is 2.94. The number of nitrogens with one attached hydrogen (secondary N) is 1. The molecule has 0 aromatic heterocycles. The SMILES string of the molecule is CCNc1c(CN2CCCC(CO)C2)cccc1[N+](=O)[O-]. The van der Waals surface area contributed by atoms with E-state index in [-0.39, 0.29) is 17.2 Å². The molecule has 1 saturated heterocycles. The van der Waals surface area contributed by atoms with Crippen molar-refractivity contribution in [2.24, 2.45) is 5.92 Å². The molecular formula is C15H23N3O3. The number of likely N-dealkylation sites (tertiary alicyclic amines) is 1. The van der Waals surface area contributed by atoms with Crippen LogP contribution in [0.1, 0.15) is 25.3 Å². The molecule has 1 unspecified atom stereocenters. The molecule has 2 N–H and O–H groups in total. The van der Waals surface area contributed by atoms with Crippen LogP contribution in [-0.2, 0) is 6.54 Å². The number of anilines is 1. The van der Waals surface area contributed by atoms with Gasteiger partial charge in [-0.3, -0.25) is 15.0 Å². The van der Waals surface area contributed by atoms with Crippen molar-refractivity contribution in [1.29, 1.82) is 0 Å². The highest BCUT2D eigenvalue weighted by Gasteiger charge is 2.22. The number of nitrogens with zero attached hydrogens (tertiary/aromatic N) is 2. The van der Waals surface area contributed by atoms with Crippen molar-refractivity contribution >= 4 is 11.4 Å². The second-order valence-electron chi connectivity index (χ2n) is 5.52. The molecule has 2 rings (SSSR count). The normalized spacial score (nSPS) is 19.4. The molecule has 1 fully saturated rings. The molecule has 1 heterocycles. The molecule has 0 radical (unpaired) electrons. The van der Waals surface area contributed by atoms with Crippen molar-refractivity contribution in [3.8, 4) is 0 Å². The van der Waals surface area contributed by atoms with Gasteiger partial charge in [0.15, 0.2) is 0 Å². The first kappa shape index (κ1) is 15.7. The van der Waals surface area contributed by atoms with Gasteiger partial charge in [-0.05, 0) is 37.8 Å². The fourth-order valence-corrected chi connectivity index (χ4v) is 2.94. The van der Waals surface area contributed by atoms with Crippen LogP contribution in [-0.4, -0.2) is 41.2 Å². The van der Waals surface area contributed by atoms with E-state index < -0.39 is 0 Å². The highest BCUT2D eigenvalue weighted by molar-refractivity contribution is 5.66. The van der Waals surface area contributed by atoms with E-state index in [4.69, 9.17) is 0 Å². The van der Waals surface area contributed by atoms with E-state index in [1.165, 1.54) is 6.07 Å². The molecule has 6 heteroatoms. The first-order valence-electron chi connectivity index (χ1n) is 7.49. The van der Waals surface area contributed by atoms with Crippen LogP contribution in [0, 0.1) is 16.0 Å². The molecule has 1 aliphatic heterocycles. The van der Waals surface area contributed by atoms with Gasteiger partial charge in [-0.2, -0.15) is 0 Å². The molecule has 1 aromatic carbocycles. The van der Waals surface area contributed by atoms with E-state index in [0.29, 0.717) is 24.7 Å². The summed E-state index contributed by atoms with van der Waals surface area (Å²) in [6, 6.07) is 5.21. The zero-order chi connectivity index (χ0) is 15.2. The number of piperidine rings is 1. The predicted molar refractivity (Wildman–Crippen MR) is 82.3 cm³/mol. The summed E-state index contributed by atoms with van der Waals surface area (Å²) in [6.45, 7) is 5.31. The highest BCUT2D eigenvalue weighted by Crippen LogP contribution is 2.30. The van der Waals surface area contributed by atoms with E-state index in [0.717, 1.165) is 31.5 Å². The fraction of sp³-hybridized carbons (Fsp3) is 0.600. The zero-order valence-corrected chi connectivity index (χ0v) is 12.4. The average molecular weight is 293 g/mol. The second-order valence-corrected chi connectivity index (χ2v) is 5.52. The van der Waals surface area contributed by atoms with E-state index in [1.54, 1.807) is 6.07 Å². The van der Waals surface area contributed by atoms with Crippen molar-refractivity contribution in [2.45, 2.75) is 26.3 Å². The molecule has 0 saturated carbocycles. The molecule has 0 bridgehead atoms. The van der Waals surface area contributed by atoms with Crippen LogP contribution in [0.3, 0.4) is 0 Å². The maximum absolute atomic E-state index is 11.2. The maximum Gasteiger partial charge on any atom is 0.292 e. The average Bonchev–Trinajstić information content (AvgIpc) is 2.49. The molecular weight excluding hydrogens is 270 g/mol. The molecule has 21 heavy (non-hydrogen) atoms. The summed E-state index contributed by atoms with van der Waals surface area (Å²) in [5, 5.41) is 23.6. The Labute approximate surface area is 124 Å². The lowest BCUT2D eigenvalue weighted by molar-refractivity contribution is -0.384. The van der Waals surface area contributed by atoms with Crippen molar-refractivity contribution in [3.05, 3.63) is 33.9 Å². The standard InChI is InChI=1S/C15H23N3O3/c1-2-16-15-13(6-3-7-14(15)18(20)21)10-17-8-4-5-12(9-17)11-19/h3,6-7,12,16,19H,2,4-5,8-11H2,1H3. The first-order chi connectivity index (χ1) is 10.2. The Kier molecular flexibility index (Phi) is 5.52. The number of hydrogen-bond donors (Lipinski definition) is 2. The third kappa shape index (κ3) is 3.92. The summed E-state index contributed by atoms with van der Waals surface area (Å²) in [6.07, 6.45) is 2.12. The molecule has 0 spiro atoms. The van der Waals surface area contributed by atoms with Gasteiger partial charge in [-0.15, -0.1) is 0 Å². The van der Waals surface area contributed by atoms with Gasteiger partial charge in [0.05, 0.1) is 4.92 Å². The molecule has 1 aromatic rings. The molecule has 0 amide bonds. The Morgan fingerprint density at radius 3 is 3.00 bits per heavy atom. The largest absolute Gasteiger partial charge is 0.396 e. The van der Waals surface area contributed by atoms with Gasteiger partial charge in [0.1, 0.15) is 5.69 Å². The number of aliphatic hydroxyl groups excluding tert-OH is 1. The van der Waals surface area contributed by atoms with E-state index >= 15 is 0 Å².